The summed E-state index contributed by atoms with van der Waals surface area (Å²) in [6, 6.07) is 1.53. The molecule has 0 radical (unpaired) electrons. The van der Waals surface area contributed by atoms with Crippen molar-refractivity contribution in [3.05, 3.63) is 17.7 Å². The first-order chi connectivity index (χ1) is 6.73. The van der Waals surface area contributed by atoms with Crippen LogP contribution < -0.4 is 11.0 Å². The van der Waals surface area contributed by atoms with Crippen molar-refractivity contribution in [2.24, 2.45) is 0 Å². The Morgan fingerprint density at radius 1 is 1.33 bits per heavy atom. The molecule has 0 amide bonds. The van der Waals surface area contributed by atoms with Crippen LogP contribution in [0, 0.1) is 0 Å². The topological polar surface area (TPSA) is 141 Å². The molecule has 0 saturated carbocycles. The fourth-order valence-electron chi connectivity index (χ4n) is 0.972. The lowest BCUT2D eigenvalue weighted by molar-refractivity contribution is 0.0694. The van der Waals surface area contributed by atoms with Gasteiger partial charge in [-0.1, -0.05) is 0 Å². The molecule has 0 aromatic heterocycles. The van der Waals surface area contributed by atoms with E-state index in [2.05, 4.69) is 0 Å². The number of carbonyl (C=O) groups is 1. The Balaban J connectivity index is 3.50. The zero-order chi connectivity index (χ0) is 11.8. The van der Waals surface area contributed by atoms with Crippen LogP contribution in [-0.2, 0) is 4.57 Å². The number of phenols is 1. The maximum absolute atomic E-state index is 10.8. The Labute approximate surface area is 83.9 Å². The Morgan fingerprint density at radius 2 is 1.87 bits per heavy atom. The van der Waals surface area contributed by atoms with E-state index in [1.165, 1.54) is 0 Å². The molecule has 0 heterocycles. The van der Waals surface area contributed by atoms with Crippen LogP contribution in [0.25, 0.3) is 0 Å². The molecule has 1 aromatic rings. The van der Waals surface area contributed by atoms with Gasteiger partial charge in [0.15, 0.2) is 5.75 Å². The largest absolute Gasteiger partial charge is 0.505 e. The standard InChI is InChI=1S/C7H8NO6P/c8-5-2-3(15(12,13)14)1-4(6(5)9)7(10)11/h1-2,9H,8H2,(H,10,11)(H2,12,13,14). The predicted octanol–water partition coefficient (Wildman–Crippen LogP) is -0.524. The predicted molar refractivity (Wildman–Crippen MR) is 51.2 cm³/mol. The monoisotopic (exact) mass is 233 g/mol. The van der Waals surface area contributed by atoms with Gasteiger partial charge in [-0.15, -0.1) is 0 Å². The van der Waals surface area contributed by atoms with Gasteiger partial charge in [0.1, 0.15) is 5.56 Å². The normalized spacial score (nSPS) is 11.3. The van der Waals surface area contributed by atoms with Gasteiger partial charge < -0.3 is 25.7 Å². The highest BCUT2D eigenvalue weighted by molar-refractivity contribution is 7.60. The SMILES string of the molecule is Nc1cc(P(=O)(O)O)cc(C(=O)O)c1O. The summed E-state index contributed by atoms with van der Waals surface area (Å²) >= 11 is 0. The molecule has 1 rings (SSSR count). The summed E-state index contributed by atoms with van der Waals surface area (Å²) in [6.45, 7) is 0. The molecule has 0 unspecified atom stereocenters. The minimum absolute atomic E-state index is 0.395. The average Bonchev–Trinajstić information content (AvgIpc) is 2.06. The summed E-state index contributed by atoms with van der Waals surface area (Å²) in [5.41, 5.74) is 4.16. The lowest BCUT2D eigenvalue weighted by atomic mass is 10.2. The van der Waals surface area contributed by atoms with Gasteiger partial charge >= 0.3 is 13.6 Å². The third-order valence-corrected chi connectivity index (χ3v) is 2.62. The quantitative estimate of drug-likeness (QED) is 0.262. The van der Waals surface area contributed by atoms with E-state index in [1.54, 1.807) is 0 Å². The second kappa shape index (κ2) is 3.54. The van der Waals surface area contributed by atoms with Gasteiger partial charge in [-0.3, -0.25) is 4.57 Å². The van der Waals surface area contributed by atoms with Crippen LogP contribution in [0.1, 0.15) is 10.4 Å². The molecule has 0 aliphatic rings. The van der Waals surface area contributed by atoms with Crippen molar-refractivity contribution >= 4 is 24.6 Å². The molecule has 82 valence electrons. The molecule has 8 heteroatoms. The highest BCUT2D eigenvalue weighted by atomic mass is 31.2. The number of carboxylic acid groups (broad SMARTS) is 1. The first kappa shape index (κ1) is 11.5. The van der Waals surface area contributed by atoms with Crippen LogP contribution in [0.3, 0.4) is 0 Å². The molecule has 1 aromatic carbocycles. The van der Waals surface area contributed by atoms with Crippen LogP contribution in [0.2, 0.25) is 0 Å². The van der Waals surface area contributed by atoms with Crippen LogP contribution in [0.15, 0.2) is 12.1 Å². The summed E-state index contributed by atoms with van der Waals surface area (Å²) in [7, 11) is -4.59. The van der Waals surface area contributed by atoms with Crippen LogP contribution in [0.5, 0.6) is 5.75 Å². The third-order valence-electron chi connectivity index (χ3n) is 1.69. The maximum Gasteiger partial charge on any atom is 0.356 e. The van der Waals surface area contributed by atoms with Crippen molar-refractivity contribution in [1.29, 1.82) is 0 Å². The highest BCUT2D eigenvalue weighted by Gasteiger charge is 2.23. The van der Waals surface area contributed by atoms with E-state index in [4.69, 9.17) is 20.6 Å². The van der Waals surface area contributed by atoms with E-state index in [0.29, 0.717) is 6.07 Å². The second-order valence-electron chi connectivity index (χ2n) is 2.78. The van der Waals surface area contributed by atoms with Crippen molar-refractivity contribution in [2.45, 2.75) is 0 Å². The number of carboxylic acids is 1. The average molecular weight is 233 g/mol. The molecule has 6 N–H and O–H groups in total. The van der Waals surface area contributed by atoms with Gasteiger partial charge in [0.05, 0.1) is 11.0 Å². The van der Waals surface area contributed by atoms with E-state index in [9.17, 15) is 14.5 Å². The second-order valence-corrected chi connectivity index (χ2v) is 4.38. The third kappa shape index (κ3) is 2.27. The Kier molecular flexibility index (Phi) is 2.72. The Hall–Kier alpha value is -1.56. The lowest BCUT2D eigenvalue weighted by Gasteiger charge is -2.08. The van der Waals surface area contributed by atoms with Gasteiger partial charge in [-0.25, -0.2) is 4.79 Å². The van der Waals surface area contributed by atoms with Gasteiger partial charge in [0.2, 0.25) is 0 Å². The first-order valence-corrected chi connectivity index (χ1v) is 5.26. The van der Waals surface area contributed by atoms with E-state index in [0.717, 1.165) is 6.07 Å². The molecule has 0 saturated heterocycles. The molecule has 0 bridgehead atoms. The molecular formula is C7H8NO6P. The summed E-state index contributed by atoms with van der Waals surface area (Å²) < 4.78 is 10.8. The van der Waals surface area contributed by atoms with Gasteiger partial charge in [0, 0.05) is 0 Å². The number of aromatic carboxylic acids is 1. The number of aromatic hydroxyl groups is 1. The summed E-state index contributed by atoms with van der Waals surface area (Å²) in [5, 5.41) is 17.3. The number of hydrogen-bond acceptors (Lipinski definition) is 4. The number of hydrogen-bond donors (Lipinski definition) is 5. The van der Waals surface area contributed by atoms with Gasteiger partial charge in [0.25, 0.3) is 0 Å². The zero-order valence-corrected chi connectivity index (χ0v) is 8.18. The van der Waals surface area contributed by atoms with Crippen molar-refractivity contribution in [2.75, 3.05) is 5.73 Å². The summed E-state index contributed by atoms with van der Waals surface area (Å²) in [4.78, 5) is 28.2. The summed E-state index contributed by atoms with van der Waals surface area (Å²) in [6.07, 6.45) is 0. The Morgan fingerprint density at radius 3 is 2.27 bits per heavy atom. The van der Waals surface area contributed by atoms with Gasteiger partial charge in [-0.05, 0) is 12.1 Å². The number of anilines is 1. The maximum atomic E-state index is 10.8. The molecule has 0 spiro atoms. The van der Waals surface area contributed by atoms with E-state index >= 15 is 0 Å². The van der Waals surface area contributed by atoms with Crippen molar-refractivity contribution < 1.29 is 29.4 Å². The number of nitrogen functional groups attached to an aromatic ring is 1. The molecule has 7 nitrogen and oxygen atoms in total. The van der Waals surface area contributed by atoms with Gasteiger partial charge in [-0.2, -0.15) is 0 Å². The fraction of sp³-hybridized carbons (Fsp3) is 0. The van der Waals surface area contributed by atoms with Crippen LogP contribution >= 0.6 is 7.60 Å². The molecule has 15 heavy (non-hydrogen) atoms. The lowest BCUT2D eigenvalue weighted by Crippen LogP contribution is -2.10. The summed E-state index contributed by atoms with van der Waals surface area (Å²) in [5.74, 6) is -2.23. The van der Waals surface area contributed by atoms with Crippen LogP contribution in [0.4, 0.5) is 5.69 Å². The smallest absolute Gasteiger partial charge is 0.356 e. The van der Waals surface area contributed by atoms with E-state index in [1.807, 2.05) is 0 Å². The molecule has 0 fully saturated rings. The Bertz CT molecular complexity index is 465. The molecule has 0 aliphatic carbocycles. The zero-order valence-electron chi connectivity index (χ0n) is 7.28. The number of rotatable bonds is 2. The van der Waals surface area contributed by atoms with E-state index < -0.39 is 35.9 Å². The van der Waals surface area contributed by atoms with Crippen molar-refractivity contribution in [3.8, 4) is 5.75 Å². The van der Waals surface area contributed by atoms with E-state index in [-0.39, 0.29) is 0 Å². The van der Waals surface area contributed by atoms with Crippen molar-refractivity contribution in [1.82, 2.24) is 0 Å². The number of benzene rings is 1. The highest BCUT2D eigenvalue weighted by Crippen LogP contribution is 2.36. The van der Waals surface area contributed by atoms with Crippen molar-refractivity contribution in [3.63, 3.8) is 0 Å². The molecule has 0 atom stereocenters. The molecule has 0 aliphatic heterocycles. The number of nitrogens with two attached hydrogens (primary N) is 1. The minimum atomic E-state index is -4.59. The molecular weight excluding hydrogens is 225 g/mol. The minimum Gasteiger partial charge on any atom is -0.505 e. The fourth-order valence-corrected chi connectivity index (χ4v) is 1.58. The van der Waals surface area contributed by atoms with Crippen LogP contribution in [-0.4, -0.2) is 26.0 Å². The first-order valence-electron chi connectivity index (χ1n) is 3.65.